The van der Waals surface area contributed by atoms with Crippen LogP contribution in [0.2, 0.25) is 0 Å². The van der Waals surface area contributed by atoms with E-state index >= 15 is 0 Å². The molecule has 2 amide bonds. The summed E-state index contributed by atoms with van der Waals surface area (Å²) in [5.74, 6) is 0.494. The number of aromatic nitrogens is 1. The zero-order valence-corrected chi connectivity index (χ0v) is 15.4. The monoisotopic (exact) mass is 351 g/mol. The molecule has 0 N–H and O–H groups in total. The van der Waals surface area contributed by atoms with E-state index in [2.05, 4.69) is 12.1 Å². The number of likely N-dealkylation sites (tertiary alicyclic amines) is 2. The summed E-state index contributed by atoms with van der Waals surface area (Å²) in [5, 5.41) is 0. The molecule has 1 aromatic heterocycles. The fourth-order valence-corrected chi connectivity index (χ4v) is 4.69. The molecule has 5 heteroatoms. The fourth-order valence-electron chi connectivity index (χ4n) is 4.69. The Morgan fingerprint density at radius 1 is 1.04 bits per heavy atom. The molecule has 0 aliphatic carbocycles. The predicted molar refractivity (Wildman–Crippen MR) is 99.8 cm³/mol. The minimum Gasteiger partial charge on any atom is -0.347 e. The van der Waals surface area contributed by atoms with Crippen LogP contribution in [-0.4, -0.2) is 52.9 Å². The first-order chi connectivity index (χ1) is 12.5. The zero-order valence-electron chi connectivity index (χ0n) is 15.4. The first kappa shape index (κ1) is 16.9. The third kappa shape index (κ3) is 2.54. The van der Waals surface area contributed by atoms with Gasteiger partial charge in [-0.1, -0.05) is 30.3 Å². The van der Waals surface area contributed by atoms with Crippen molar-refractivity contribution in [2.75, 3.05) is 26.7 Å². The maximum absolute atomic E-state index is 13.0. The first-order valence-corrected chi connectivity index (χ1v) is 9.24. The minimum atomic E-state index is -0.374. The standard InChI is InChI=1S/C21H25N3O2/c1-22-12-6-9-18(22)19(25)24-13-10-21(11-14-24)17(15-23(2)20(21)26)16-7-4-3-5-8-16/h3-9,12,17H,10-11,13-15H2,1-2H3/t17-/m1/s1. The molecule has 2 saturated heterocycles. The van der Waals surface area contributed by atoms with Gasteiger partial charge in [-0.15, -0.1) is 0 Å². The third-order valence-electron chi connectivity index (χ3n) is 6.20. The van der Waals surface area contributed by atoms with E-state index < -0.39 is 0 Å². The van der Waals surface area contributed by atoms with Gasteiger partial charge < -0.3 is 14.4 Å². The lowest BCUT2D eigenvalue weighted by atomic mass is 9.68. The van der Waals surface area contributed by atoms with Crippen molar-refractivity contribution in [3.05, 3.63) is 59.9 Å². The second-order valence-corrected chi connectivity index (χ2v) is 7.60. The number of piperidine rings is 1. The smallest absolute Gasteiger partial charge is 0.270 e. The number of amides is 2. The van der Waals surface area contributed by atoms with E-state index in [1.54, 1.807) is 0 Å². The van der Waals surface area contributed by atoms with Crippen molar-refractivity contribution < 1.29 is 9.59 Å². The molecule has 136 valence electrons. The van der Waals surface area contributed by atoms with Gasteiger partial charge in [-0.2, -0.15) is 0 Å². The molecular formula is C21H25N3O2. The van der Waals surface area contributed by atoms with Gasteiger partial charge in [0.25, 0.3) is 5.91 Å². The van der Waals surface area contributed by atoms with Crippen molar-refractivity contribution in [1.82, 2.24) is 14.4 Å². The van der Waals surface area contributed by atoms with E-state index in [4.69, 9.17) is 0 Å². The Balaban J connectivity index is 1.57. The van der Waals surface area contributed by atoms with E-state index in [0.717, 1.165) is 19.4 Å². The molecule has 0 bridgehead atoms. The summed E-state index contributed by atoms with van der Waals surface area (Å²) < 4.78 is 1.86. The lowest BCUT2D eigenvalue weighted by Gasteiger charge is -2.41. The van der Waals surface area contributed by atoms with Crippen LogP contribution in [0.3, 0.4) is 0 Å². The Labute approximate surface area is 154 Å². The molecule has 1 aromatic carbocycles. The van der Waals surface area contributed by atoms with E-state index in [9.17, 15) is 9.59 Å². The number of aryl methyl sites for hydroxylation is 1. The molecule has 2 aliphatic heterocycles. The van der Waals surface area contributed by atoms with Crippen molar-refractivity contribution in [2.45, 2.75) is 18.8 Å². The maximum atomic E-state index is 13.0. The highest BCUT2D eigenvalue weighted by Gasteiger charge is 2.54. The summed E-state index contributed by atoms with van der Waals surface area (Å²) in [4.78, 5) is 29.6. The Bertz CT molecular complexity index is 819. The summed E-state index contributed by atoms with van der Waals surface area (Å²) in [6.07, 6.45) is 3.34. The SMILES string of the molecule is CN1C[C@H](c2ccccc2)C2(CCN(C(=O)c3cccn3C)CC2)C1=O. The van der Waals surface area contributed by atoms with Gasteiger partial charge >= 0.3 is 0 Å². The van der Waals surface area contributed by atoms with Crippen molar-refractivity contribution in [3.63, 3.8) is 0 Å². The predicted octanol–water partition coefficient (Wildman–Crippen LogP) is 2.50. The summed E-state index contributed by atoms with van der Waals surface area (Å²) in [6, 6.07) is 14.1. The topological polar surface area (TPSA) is 45.5 Å². The lowest BCUT2D eigenvalue weighted by molar-refractivity contribution is -0.137. The van der Waals surface area contributed by atoms with Crippen LogP contribution < -0.4 is 0 Å². The molecule has 0 unspecified atom stereocenters. The van der Waals surface area contributed by atoms with E-state index in [-0.39, 0.29) is 23.1 Å². The third-order valence-corrected chi connectivity index (χ3v) is 6.20. The molecular weight excluding hydrogens is 326 g/mol. The van der Waals surface area contributed by atoms with Crippen LogP contribution in [0.5, 0.6) is 0 Å². The lowest BCUT2D eigenvalue weighted by Crippen LogP contribution is -2.48. The van der Waals surface area contributed by atoms with Crippen molar-refractivity contribution >= 4 is 11.8 Å². The molecule has 0 saturated carbocycles. The second kappa shape index (κ2) is 6.31. The van der Waals surface area contributed by atoms with Gasteiger partial charge in [0.05, 0.1) is 5.41 Å². The highest BCUT2D eigenvalue weighted by Crippen LogP contribution is 2.50. The average Bonchev–Trinajstić information content (AvgIpc) is 3.20. The summed E-state index contributed by atoms with van der Waals surface area (Å²) in [7, 11) is 3.79. The van der Waals surface area contributed by atoms with Crippen LogP contribution in [0.15, 0.2) is 48.7 Å². The Kier molecular flexibility index (Phi) is 4.10. The number of hydrogen-bond donors (Lipinski definition) is 0. The second-order valence-electron chi connectivity index (χ2n) is 7.60. The summed E-state index contributed by atoms with van der Waals surface area (Å²) in [5.41, 5.74) is 1.56. The van der Waals surface area contributed by atoms with Gasteiger partial charge in [0, 0.05) is 45.8 Å². The molecule has 2 fully saturated rings. The Hall–Kier alpha value is -2.56. The van der Waals surface area contributed by atoms with E-state index in [1.807, 2.05) is 65.0 Å². The average molecular weight is 351 g/mol. The molecule has 4 rings (SSSR count). The number of hydrogen-bond acceptors (Lipinski definition) is 2. The van der Waals surface area contributed by atoms with Gasteiger partial charge in [-0.25, -0.2) is 0 Å². The van der Waals surface area contributed by atoms with Crippen LogP contribution in [0.1, 0.15) is 34.8 Å². The Morgan fingerprint density at radius 2 is 1.73 bits per heavy atom. The van der Waals surface area contributed by atoms with Crippen LogP contribution in [0, 0.1) is 5.41 Å². The van der Waals surface area contributed by atoms with Gasteiger partial charge in [0.15, 0.2) is 0 Å². The number of rotatable bonds is 2. The van der Waals surface area contributed by atoms with Crippen LogP contribution >= 0.6 is 0 Å². The molecule has 1 spiro atoms. The number of benzene rings is 1. The number of nitrogens with zero attached hydrogens (tertiary/aromatic N) is 3. The first-order valence-electron chi connectivity index (χ1n) is 9.24. The minimum absolute atomic E-state index is 0.0578. The van der Waals surface area contributed by atoms with Gasteiger partial charge in [-0.3, -0.25) is 9.59 Å². The summed E-state index contributed by atoms with van der Waals surface area (Å²) >= 11 is 0. The zero-order chi connectivity index (χ0) is 18.3. The normalized spacial score (nSPS) is 22.2. The highest BCUT2D eigenvalue weighted by atomic mass is 16.2. The van der Waals surface area contributed by atoms with Crippen molar-refractivity contribution in [2.24, 2.45) is 12.5 Å². The number of likely N-dealkylation sites (N-methyl/N-ethyl adjacent to an activating group) is 1. The van der Waals surface area contributed by atoms with E-state index in [1.165, 1.54) is 5.56 Å². The fraction of sp³-hybridized carbons (Fsp3) is 0.429. The van der Waals surface area contributed by atoms with Crippen molar-refractivity contribution in [3.8, 4) is 0 Å². The highest BCUT2D eigenvalue weighted by molar-refractivity contribution is 5.93. The molecule has 1 atom stereocenters. The quantitative estimate of drug-likeness (QED) is 0.835. The molecule has 5 nitrogen and oxygen atoms in total. The largest absolute Gasteiger partial charge is 0.347 e. The van der Waals surface area contributed by atoms with Gasteiger partial charge in [-0.05, 0) is 30.5 Å². The number of carbonyl (C=O) groups excluding carboxylic acids is 2. The van der Waals surface area contributed by atoms with Crippen LogP contribution in [-0.2, 0) is 11.8 Å². The molecule has 2 aromatic rings. The maximum Gasteiger partial charge on any atom is 0.270 e. The molecule has 2 aliphatic rings. The molecule has 26 heavy (non-hydrogen) atoms. The van der Waals surface area contributed by atoms with E-state index in [0.29, 0.717) is 18.8 Å². The van der Waals surface area contributed by atoms with Crippen LogP contribution in [0.25, 0.3) is 0 Å². The van der Waals surface area contributed by atoms with Gasteiger partial charge in [0.1, 0.15) is 5.69 Å². The van der Waals surface area contributed by atoms with Gasteiger partial charge in [0.2, 0.25) is 5.91 Å². The molecule has 0 radical (unpaired) electrons. The Morgan fingerprint density at radius 3 is 2.35 bits per heavy atom. The summed E-state index contributed by atoms with van der Waals surface area (Å²) in [6.45, 7) is 2.02. The molecule has 3 heterocycles. The number of carbonyl (C=O) groups is 2. The van der Waals surface area contributed by atoms with Crippen LogP contribution in [0.4, 0.5) is 0 Å². The van der Waals surface area contributed by atoms with Crippen molar-refractivity contribution in [1.29, 1.82) is 0 Å².